The topological polar surface area (TPSA) is 77.5 Å². The van der Waals surface area contributed by atoms with Gasteiger partial charge in [-0.3, -0.25) is 4.18 Å². The number of halogens is 1. The van der Waals surface area contributed by atoms with Gasteiger partial charge in [-0.05, 0) is 57.4 Å². The maximum absolute atomic E-state index is 12.0. The van der Waals surface area contributed by atoms with E-state index in [9.17, 15) is 16.8 Å². The van der Waals surface area contributed by atoms with Crippen LogP contribution in [0.1, 0.15) is 29.5 Å². The van der Waals surface area contributed by atoms with Crippen molar-refractivity contribution in [3.8, 4) is 0 Å². The Morgan fingerprint density at radius 2 is 1.46 bits per heavy atom. The number of aryl methyl sites for hydroxylation is 3. The summed E-state index contributed by atoms with van der Waals surface area (Å²) < 4.78 is 50.6. The molecular formula is C20H23ClO5S2. The minimum absolute atomic E-state index is 0.143. The van der Waals surface area contributed by atoms with E-state index in [0.29, 0.717) is 12.8 Å². The van der Waals surface area contributed by atoms with E-state index in [4.69, 9.17) is 14.9 Å². The van der Waals surface area contributed by atoms with Crippen molar-refractivity contribution in [3.63, 3.8) is 0 Å². The van der Waals surface area contributed by atoms with Crippen LogP contribution >= 0.6 is 10.7 Å². The van der Waals surface area contributed by atoms with Gasteiger partial charge in [-0.2, -0.15) is 8.42 Å². The number of hydrogen-bond donors (Lipinski definition) is 0. The first-order valence-electron chi connectivity index (χ1n) is 8.57. The zero-order chi connectivity index (χ0) is 21.1. The summed E-state index contributed by atoms with van der Waals surface area (Å²) in [5.41, 5.74) is 3.82. The highest BCUT2D eigenvalue weighted by Gasteiger charge is 2.29. The van der Waals surface area contributed by atoms with E-state index < -0.39 is 19.2 Å². The average Bonchev–Trinajstić information content (AvgIpc) is 2.53. The van der Waals surface area contributed by atoms with Crippen molar-refractivity contribution in [3.05, 3.63) is 71.3 Å². The Morgan fingerprint density at radius 1 is 0.929 bits per heavy atom. The Kier molecular flexibility index (Phi) is 7.09. The summed E-state index contributed by atoms with van der Waals surface area (Å²) in [6.45, 7) is 9.36. The zero-order valence-electron chi connectivity index (χ0n) is 16.0. The summed E-state index contributed by atoms with van der Waals surface area (Å²) in [6.07, 6.45) is 1.06. The van der Waals surface area contributed by atoms with Crippen LogP contribution in [-0.4, -0.2) is 22.9 Å². The molecule has 0 bridgehead atoms. The number of benzene rings is 2. The van der Waals surface area contributed by atoms with Gasteiger partial charge in [0.1, 0.15) is 0 Å². The highest BCUT2D eigenvalue weighted by Crippen LogP contribution is 2.31. The summed E-state index contributed by atoms with van der Waals surface area (Å²) in [5.74, 6) is 0. The Balaban J connectivity index is 0.000000221. The Bertz CT molecular complexity index is 1060. The van der Waals surface area contributed by atoms with Crippen molar-refractivity contribution in [2.45, 2.75) is 49.5 Å². The van der Waals surface area contributed by atoms with Gasteiger partial charge >= 0.3 is 0 Å². The fourth-order valence-electron chi connectivity index (χ4n) is 2.66. The van der Waals surface area contributed by atoms with Gasteiger partial charge in [-0.15, -0.1) is 0 Å². The minimum atomic E-state index is -3.63. The number of rotatable bonds is 4. The van der Waals surface area contributed by atoms with Crippen LogP contribution in [0.25, 0.3) is 0 Å². The third kappa shape index (κ3) is 6.17. The Hall–Kier alpha value is -1.67. The van der Waals surface area contributed by atoms with Crippen molar-refractivity contribution < 1.29 is 21.0 Å². The molecule has 152 valence electrons. The molecule has 0 saturated heterocycles. The third-order valence-electron chi connectivity index (χ3n) is 4.20. The van der Waals surface area contributed by atoms with E-state index in [1.807, 2.05) is 19.9 Å². The summed E-state index contributed by atoms with van der Waals surface area (Å²) in [6, 6.07) is 11.6. The van der Waals surface area contributed by atoms with E-state index in [0.717, 1.165) is 22.3 Å². The summed E-state index contributed by atoms with van der Waals surface area (Å²) in [7, 11) is -2.10. The molecule has 2 aromatic rings. The summed E-state index contributed by atoms with van der Waals surface area (Å²) in [5, 5.41) is 0. The lowest BCUT2D eigenvalue weighted by atomic mass is 9.91. The van der Waals surface area contributed by atoms with Gasteiger partial charge in [0.25, 0.3) is 19.2 Å². The Morgan fingerprint density at radius 3 is 1.93 bits per heavy atom. The van der Waals surface area contributed by atoms with E-state index in [1.165, 1.54) is 12.1 Å². The molecule has 2 aromatic carbocycles. The van der Waals surface area contributed by atoms with Crippen LogP contribution < -0.4 is 0 Å². The second kappa shape index (κ2) is 8.78. The highest BCUT2D eigenvalue weighted by atomic mass is 35.7. The maximum atomic E-state index is 12.0. The van der Waals surface area contributed by atoms with Gasteiger partial charge < -0.3 is 0 Å². The van der Waals surface area contributed by atoms with Crippen LogP contribution in [0.15, 0.2) is 64.4 Å². The van der Waals surface area contributed by atoms with Crippen LogP contribution in [0.2, 0.25) is 0 Å². The van der Waals surface area contributed by atoms with Crippen molar-refractivity contribution in [1.29, 1.82) is 0 Å². The van der Waals surface area contributed by atoms with Gasteiger partial charge in [-0.1, -0.05) is 47.5 Å². The van der Waals surface area contributed by atoms with Crippen LogP contribution in [-0.2, 0) is 23.4 Å². The molecule has 0 radical (unpaired) electrons. The van der Waals surface area contributed by atoms with Crippen molar-refractivity contribution >= 4 is 29.9 Å². The van der Waals surface area contributed by atoms with Crippen molar-refractivity contribution in [1.82, 2.24) is 0 Å². The molecule has 0 unspecified atom stereocenters. The van der Waals surface area contributed by atoms with E-state index in [2.05, 4.69) is 6.58 Å². The van der Waals surface area contributed by atoms with Crippen molar-refractivity contribution in [2.75, 3.05) is 0 Å². The molecule has 1 fully saturated rings. The average molecular weight is 443 g/mol. The first-order chi connectivity index (χ1) is 12.9. The fraction of sp³-hybridized carbons (Fsp3) is 0.300. The SMILES string of the molecule is C=C1CC(OS(=O)(=O)c2ccc(C)cc2C)C1.Cc1ccc(S(=O)(=O)Cl)cc1. The molecular weight excluding hydrogens is 420 g/mol. The molecule has 1 aliphatic rings. The second-order valence-corrected chi connectivity index (χ2v) is 11.0. The van der Waals surface area contributed by atoms with Crippen LogP contribution in [0, 0.1) is 20.8 Å². The van der Waals surface area contributed by atoms with E-state index >= 15 is 0 Å². The lowest BCUT2D eigenvalue weighted by molar-refractivity contribution is 0.170. The molecule has 1 saturated carbocycles. The molecule has 28 heavy (non-hydrogen) atoms. The Labute approximate surface area is 171 Å². The van der Waals surface area contributed by atoms with Gasteiger partial charge in [0.2, 0.25) is 0 Å². The molecule has 0 atom stereocenters. The summed E-state index contributed by atoms with van der Waals surface area (Å²) >= 11 is 0. The van der Waals surface area contributed by atoms with Crippen molar-refractivity contribution in [2.24, 2.45) is 0 Å². The first kappa shape index (κ1) is 22.6. The van der Waals surface area contributed by atoms with Crippen LogP contribution in [0.4, 0.5) is 0 Å². The lowest BCUT2D eigenvalue weighted by Crippen LogP contribution is -2.27. The zero-order valence-corrected chi connectivity index (χ0v) is 18.4. The first-order valence-corrected chi connectivity index (χ1v) is 12.3. The standard InChI is InChI=1S/C13H16O3S.C7H7ClO2S/c1-9-4-5-13(11(3)6-9)17(14,15)16-12-7-10(2)8-12;1-6-2-4-7(5-3-6)11(8,9)10/h4-6,12H,2,7-8H2,1,3H3;2-5H,1H3. The third-order valence-corrected chi connectivity index (χ3v) is 7.09. The highest BCUT2D eigenvalue weighted by molar-refractivity contribution is 8.13. The maximum Gasteiger partial charge on any atom is 0.297 e. The van der Waals surface area contributed by atoms with E-state index in [-0.39, 0.29) is 15.9 Å². The molecule has 5 nitrogen and oxygen atoms in total. The molecule has 0 amide bonds. The fourth-order valence-corrected chi connectivity index (χ4v) is 4.72. The molecule has 0 aliphatic heterocycles. The molecule has 1 aliphatic carbocycles. The lowest BCUT2D eigenvalue weighted by Gasteiger charge is -2.27. The molecule has 8 heteroatoms. The number of hydrogen-bond acceptors (Lipinski definition) is 5. The largest absolute Gasteiger partial charge is 0.297 e. The second-order valence-electron chi connectivity index (χ2n) is 6.85. The predicted octanol–water partition coefficient (Wildman–Crippen LogP) is 4.65. The summed E-state index contributed by atoms with van der Waals surface area (Å²) in [4.78, 5) is 0.408. The quantitative estimate of drug-likeness (QED) is 0.391. The van der Waals surface area contributed by atoms with Gasteiger partial charge in [0, 0.05) is 10.7 Å². The molecule has 0 spiro atoms. The van der Waals surface area contributed by atoms with Crippen LogP contribution in [0.3, 0.4) is 0 Å². The molecule has 0 heterocycles. The van der Waals surface area contributed by atoms with Gasteiger partial charge in [0.15, 0.2) is 0 Å². The predicted molar refractivity (Wildman–Crippen MR) is 111 cm³/mol. The normalized spacial score (nSPS) is 14.8. The van der Waals surface area contributed by atoms with Gasteiger partial charge in [0.05, 0.1) is 15.9 Å². The molecule has 0 N–H and O–H groups in total. The van der Waals surface area contributed by atoms with E-state index in [1.54, 1.807) is 31.2 Å². The van der Waals surface area contributed by atoms with Gasteiger partial charge in [-0.25, -0.2) is 8.42 Å². The minimum Gasteiger partial charge on any atom is -0.262 e. The smallest absolute Gasteiger partial charge is 0.262 e. The molecule has 0 aromatic heterocycles. The van der Waals surface area contributed by atoms with Crippen LogP contribution in [0.5, 0.6) is 0 Å². The monoisotopic (exact) mass is 442 g/mol. The molecule has 3 rings (SSSR count).